The molecule has 3 fully saturated rings. The molecule has 1 N–H and O–H groups in total. The number of likely N-dealkylation sites (tertiary alicyclic amines) is 1. The van der Waals surface area contributed by atoms with E-state index in [0.29, 0.717) is 6.04 Å². The lowest BCUT2D eigenvalue weighted by atomic mass is 10.0. The lowest BCUT2D eigenvalue weighted by Crippen LogP contribution is -2.40. The molecule has 1 saturated carbocycles. The van der Waals surface area contributed by atoms with Gasteiger partial charge in [0.2, 0.25) is 0 Å². The van der Waals surface area contributed by atoms with Crippen LogP contribution >= 0.6 is 11.3 Å². The summed E-state index contributed by atoms with van der Waals surface area (Å²) in [5, 5.41) is 7.30. The van der Waals surface area contributed by atoms with Crippen LogP contribution in [0.3, 0.4) is 0 Å². The molecule has 2 saturated heterocycles. The average Bonchev–Trinajstić information content (AvgIpc) is 3.57. The number of thiophene rings is 1. The summed E-state index contributed by atoms with van der Waals surface area (Å²) in [6.07, 6.45) is 5.23. The molecule has 33 heavy (non-hydrogen) atoms. The quantitative estimate of drug-likeness (QED) is 0.558. The molecule has 0 unspecified atom stereocenters. The zero-order valence-corrected chi connectivity index (χ0v) is 20.0. The van der Waals surface area contributed by atoms with E-state index >= 15 is 0 Å². The van der Waals surface area contributed by atoms with E-state index in [9.17, 15) is 0 Å². The van der Waals surface area contributed by atoms with E-state index in [4.69, 9.17) is 14.7 Å². The second-order valence-corrected chi connectivity index (χ2v) is 10.6. The summed E-state index contributed by atoms with van der Waals surface area (Å²) in [5.41, 5.74) is 2.47. The van der Waals surface area contributed by atoms with Gasteiger partial charge in [0.1, 0.15) is 16.5 Å². The number of nitrogens with one attached hydrogen (secondary N) is 1. The van der Waals surface area contributed by atoms with Gasteiger partial charge in [-0.25, -0.2) is 9.97 Å². The van der Waals surface area contributed by atoms with Crippen LogP contribution in [0, 0.1) is 5.92 Å². The van der Waals surface area contributed by atoms with E-state index < -0.39 is 0 Å². The number of piperidine rings is 1. The summed E-state index contributed by atoms with van der Waals surface area (Å²) in [4.78, 5) is 16.3. The zero-order valence-electron chi connectivity index (χ0n) is 19.2. The maximum Gasteiger partial charge on any atom is 0.146 e. The first-order chi connectivity index (χ1) is 16.3. The fraction of sp³-hybridized carbons (Fsp3) is 0.538. The topological polar surface area (TPSA) is 53.5 Å². The highest BCUT2D eigenvalue weighted by atomic mass is 32.1. The van der Waals surface area contributed by atoms with Gasteiger partial charge in [-0.05, 0) is 37.2 Å². The molecule has 0 bridgehead atoms. The van der Waals surface area contributed by atoms with Crippen molar-refractivity contribution < 1.29 is 4.74 Å². The highest BCUT2D eigenvalue weighted by molar-refractivity contribution is 7.17. The smallest absolute Gasteiger partial charge is 0.146 e. The molecule has 0 amide bonds. The molecule has 3 aliphatic rings. The predicted molar refractivity (Wildman–Crippen MR) is 135 cm³/mol. The standard InChI is InChI=1S/C26H33N5OS/c1-2-4-20(5-3-1)22-18-33-26-24(22)25(28-23(29-26)17-31-12-14-32-15-13-31)27-21-8-10-30(11-9-21)16-19-6-7-19/h1-5,18-19,21H,6-17H2,(H,27,28,29). The van der Waals surface area contributed by atoms with Crippen LogP contribution in [0.15, 0.2) is 35.7 Å². The largest absolute Gasteiger partial charge is 0.379 e. The summed E-state index contributed by atoms with van der Waals surface area (Å²) in [5.74, 6) is 2.90. The van der Waals surface area contributed by atoms with E-state index in [1.165, 1.54) is 61.8 Å². The summed E-state index contributed by atoms with van der Waals surface area (Å²) in [6.45, 7) is 7.96. The van der Waals surface area contributed by atoms with E-state index in [1.807, 2.05) is 0 Å². The Bertz CT molecular complexity index is 1070. The zero-order chi connectivity index (χ0) is 22.0. The lowest BCUT2D eigenvalue weighted by molar-refractivity contribution is 0.0331. The first-order valence-corrected chi connectivity index (χ1v) is 13.3. The Morgan fingerprint density at radius 1 is 0.939 bits per heavy atom. The minimum atomic E-state index is 0.471. The summed E-state index contributed by atoms with van der Waals surface area (Å²) in [6, 6.07) is 11.1. The van der Waals surface area contributed by atoms with Crippen molar-refractivity contribution in [3.63, 3.8) is 0 Å². The Morgan fingerprint density at radius 3 is 2.48 bits per heavy atom. The molecular weight excluding hydrogens is 430 g/mol. The Labute approximate surface area is 200 Å². The third-order valence-corrected chi connectivity index (χ3v) is 8.05. The van der Waals surface area contributed by atoms with Gasteiger partial charge in [-0.3, -0.25) is 4.90 Å². The van der Waals surface area contributed by atoms with E-state index in [-0.39, 0.29) is 0 Å². The third kappa shape index (κ3) is 5.06. The highest BCUT2D eigenvalue weighted by Gasteiger charge is 2.28. The molecule has 3 aromatic rings. The number of morpholine rings is 1. The minimum Gasteiger partial charge on any atom is -0.379 e. The van der Waals surface area contributed by atoms with E-state index in [1.54, 1.807) is 11.3 Å². The molecule has 4 heterocycles. The molecule has 2 aliphatic heterocycles. The number of ether oxygens (including phenoxy) is 1. The van der Waals surface area contributed by atoms with Crippen molar-refractivity contribution in [2.45, 2.75) is 38.3 Å². The normalized spacial score (nSPS) is 21.0. The van der Waals surface area contributed by atoms with Crippen molar-refractivity contribution in [3.05, 3.63) is 41.5 Å². The van der Waals surface area contributed by atoms with Gasteiger partial charge in [-0.1, -0.05) is 30.3 Å². The second-order valence-electron chi connectivity index (χ2n) is 9.74. The number of nitrogens with zero attached hydrogens (tertiary/aromatic N) is 4. The molecule has 0 atom stereocenters. The fourth-order valence-electron chi connectivity index (χ4n) is 5.07. The monoisotopic (exact) mass is 463 g/mol. The van der Waals surface area contributed by atoms with Crippen molar-refractivity contribution in [1.82, 2.24) is 19.8 Å². The lowest BCUT2D eigenvalue weighted by Gasteiger charge is -2.33. The molecule has 7 heteroatoms. The third-order valence-electron chi connectivity index (χ3n) is 7.18. The van der Waals surface area contributed by atoms with Gasteiger partial charge < -0.3 is 15.0 Å². The second kappa shape index (κ2) is 9.66. The minimum absolute atomic E-state index is 0.471. The van der Waals surface area contributed by atoms with Crippen molar-refractivity contribution in [1.29, 1.82) is 0 Å². The Kier molecular flexibility index (Phi) is 6.29. The number of rotatable bonds is 7. The Balaban J connectivity index is 1.27. The molecule has 0 spiro atoms. The van der Waals surface area contributed by atoms with Crippen LogP contribution in [-0.4, -0.2) is 71.7 Å². The van der Waals surface area contributed by atoms with Crippen LogP contribution in [0.5, 0.6) is 0 Å². The van der Waals surface area contributed by atoms with Crippen LogP contribution in [0.2, 0.25) is 0 Å². The SMILES string of the molecule is c1ccc(-c2csc3nc(CN4CCOCC4)nc(NC4CCN(CC5CC5)CC4)c23)cc1. The Morgan fingerprint density at radius 2 is 1.73 bits per heavy atom. The number of fused-ring (bicyclic) bond motifs is 1. The van der Waals surface area contributed by atoms with E-state index in [2.05, 4.69) is 50.8 Å². The Hall–Kier alpha value is -2.06. The number of hydrogen-bond donors (Lipinski definition) is 1. The van der Waals surface area contributed by atoms with Crippen LogP contribution in [0.25, 0.3) is 21.3 Å². The fourth-order valence-corrected chi connectivity index (χ4v) is 6.04. The van der Waals surface area contributed by atoms with Gasteiger partial charge in [0.05, 0.1) is 25.1 Å². The molecule has 2 aromatic heterocycles. The molecule has 6 nitrogen and oxygen atoms in total. The molecule has 6 rings (SSSR count). The van der Waals surface area contributed by atoms with Crippen molar-refractivity contribution in [2.75, 3.05) is 51.3 Å². The predicted octanol–water partition coefficient (Wildman–Crippen LogP) is 4.48. The molecule has 174 valence electrons. The first-order valence-electron chi connectivity index (χ1n) is 12.4. The van der Waals surface area contributed by atoms with Crippen molar-refractivity contribution >= 4 is 27.4 Å². The maximum atomic E-state index is 5.52. The van der Waals surface area contributed by atoms with Gasteiger partial charge in [-0.15, -0.1) is 11.3 Å². The van der Waals surface area contributed by atoms with Crippen LogP contribution in [-0.2, 0) is 11.3 Å². The van der Waals surface area contributed by atoms with Gasteiger partial charge in [0.15, 0.2) is 0 Å². The molecular formula is C26H33N5OS. The number of aromatic nitrogens is 2. The summed E-state index contributed by atoms with van der Waals surface area (Å²) < 4.78 is 5.52. The van der Waals surface area contributed by atoms with Crippen molar-refractivity contribution in [2.24, 2.45) is 5.92 Å². The average molecular weight is 464 g/mol. The van der Waals surface area contributed by atoms with E-state index in [0.717, 1.165) is 55.2 Å². The van der Waals surface area contributed by atoms with Crippen LogP contribution < -0.4 is 5.32 Å². The molecule has 1 aliphatic carbocycles. The number of benzene rings is 1. The molecule has 0 radical (unpaired) electrons. The van der Waals surface area contributed by atoms with Gasteiger partial charge in [-0.2, -0.15) is 0 Å². The first kappa shape index (κ1) is 21.5. The highest BCUT2D eigenvalue weighted by Crippen LogP contribution is 2.38. The van der Waals surface area contributed by atoms with Gasteiger partial charge >= 0.3 is 0 Å². The summed E-state index contributed by atoms with van der Waals surface area (Å²) in [7, 11) is 0. The van der Waals surface area contributed by atoms with Crippen LogP contribution in [0.4, 0.5) is 5.82 Å². The molecule has 1 aromatic carbocycles. The number of hydrogen-bond acceptors (Lipinski definition) is 7. The number of anilines is 1. The van der Waals surface area contributed by atoms with Crippen LogP contribution in [0.1, 0.15) is 31.5 Å². The maximum absolute atomic E-state index is 5.52. The summed E-state index contributed by atoms with van der Waals surface area (Å²) >= 11 is 1.73. The van der Waals surface area contributed by atoms with Gasteiger partial charge in [0, 0.05) is 49.7 Å². The van der Waals surface area contributed by atoms with Crippen molar-refractivity contribution in [3.8, 4) is 11.1 Å². The van der Waals surface area contributed by atoms with Gasteiger partial charge in [0.25, 0.3) is 0 Å².